The predicted octanol–water partition coefficient (Wildman–Crippen LogP) is 6.83. The minimum Gasteiger partial charge on any atom is -0.380 e. The third kappa shape index (κ3) is 3.64. The van der Waals surface area contributed by atoms with Gasteiger partial charge >= 0.3 is 0 Å². The standard InChI is InChI=1S/C38H48O6/c1-35-29-11-23(17-39-5)25(19-41-7)13-31(29)36(2)33-15-27(21-43-9)28(22-44-10)16-34(33)37(3,38(35,36)4)32-14-26(20-42-8)24(18-40-6)12-30(32)35/h11-16H,17-22H2,1-10H3. The first-order chi connectivity index (χ1) is 21.1. The van der Waals surface area contributed by atoms with Gasteiger partial charge in [0.25, 0.3) is 0 Å². The molecule has 236 valence electrons. The van der Waals surface area contributed by atoms with Crippen LogP contribution in [-0.2, 0) is 84.3 Å². The van der Waals surface area contributed by atoms with Crippen LogP contribution in [0.1, 0.15) is 94.5 Å². The van der Waals surface area contributed by atoms with E-state index >= 15 is 0 Å². The van der Waals surface area contributed by atoms with E-state index in [2.05, 4.69) is 64.1 Å². The van der Waals surface area contributed by atoms with E-state index in [-0.39, 0.29) is 21.7 Å². The minimum absolute atomic E-state index is 0.234. The zero-order chi connectivity index (χ0) is 31.7. The van der Waals surface area contributed by atoms with Gasteiger partial charge in [-0.1, -0.05) is 64.1 Å². The van der Waals surface area contributed by atoms with Crippen molar-refractivity contribution in [2.45, 2.75) is 83.6 Å². The lowest BCUT2D eigenvalue weighted by Gasteiger charge is -2.49. The smallest absolute Gasteiger partial charge is 0.0716 e. The molecular weight excluding hydrogens is 552 g/mol. The van der Waals surface area contributed by atoms with Crippen molar-refractivity contribution < 1.29 is 28.4 Å². The third-order valence-electron chi connectivity index (χ3n) is 12.1. The molecule has 0 bridgehead atoms. The molecule has 0 unspecified atom stereocenters. The van der Waals surface area contributed by atoms with Gasteiger partial charge in [0.15, 0.2) is 0 Å². The Bertz CT molecular complexity index is 1320. The molecule has 0 aliphatic heterocycles. The Kier molecular flexibility index (Phi) is 7.88. The first kappa shape index (κ1) is 31.4. The molecule has 3 aromatic carbocycles. The highest BCUT2D eigenvalue weighted by molar-refractivity contribution is 5.78. The summed E-state index contributed by atoms with van der Waals surface area (Å²) in [5.41, 5.74) is 14.2. The second-order valence-corrected chi connectivity index (χ2v) is 13.6. The van der Waals surface area contributed by atoms with Crippen LogP contribution in [0.15, 0.2) is 36.4 Å². The fourth-order valence-electron chi connectivity index (χ4n) is 9.84. The molecule has 3 aromatic rings. The van der Waals surface area contributed by atoms with Crippen molar-refractivity contribution >= 4 is 0 Å². The van der Waals surface area contributed by atoms with Crippen LogP contribution in [0, 0.1) is 5.41 Å². The van der Waals surface area contributed by atoms with E-state index in [1.165, 1.54) is 66.8 Å². The quantitative estimate of drug-likeness (QED) is 0.227. The number of fused-ring (bicyclic) bond motifs is 9. The largest absolute Gasteiger partial charge is 0.380 e. The lowest BCUT2D eigenvalue weighted by Crippen LogP contribution is -2.51. The van der Waals surface area contributed by atoms with Crippen LogP contribution in [0.4, 0.5) is 0 Å². The molecule has 0 heterocycles. The fraction of sp³-hybridized carbons (Fsp3) is 0.526. The molecule has 0 radical (unpaired) electrons. The highest BCUT2D eigenvalue weighted by atomic mass is 16.5. The maximum Gasteiger partial charge on any atom is 0.0716 e. The molecule has 0 spiro atoms. The number of rotatable bonds is 12. The monoisotopic (exact) mass is 600 g/mol. The van der Waals surface area contributed by atoms with E-state index in [9.17, 15) is 0 Å². The van der Waals surface area contributed by atoms with Gasteiger partial charge in [-0.05, 0) is 66.8 Å². The van der Waals surface area contributed by atoms with E-state index in [0.717, 1.165) is 0 Å². The van der Waals surface area contributed by atoms with Crippen LogP contribution >= 0.6 is 0 Å². The van der Waals surface area contributed by atoms with E-state index in [1.54, 1.807) is 42.7 Å². The molecular formula is C38H48O6. The number of methoxy groups -OCH3 is 6. The van der Waals surface area contributed by atoms with E-state index in [1.807, 2.05) is 0 Å². The van der Waals surface area contributed by atoms with Gasteiger partial charge < -0.3 is 28.4 Å². The molecule has 0 saturated carbocycles. The Morgan fingerprint density at radius 2 is 0.500 bits per heavy atom. The summed E-state index contributed by atoms with van der Waals surface area (Å²) in [6, 6.07) is 14.5. The maximum absolute atomic E-state index is 5.74. The molecule has 6 heteroatoms. The molecule has 0 N–H and O–H groups in total. The molecule has 0 amide bonds. The van der Waals surface area contributed by atoms with Crippen molar-refractivity contribution in [2.24, 2.45) is 5.41 Å². The van der Waals surface area contributed by atoms with Crippen LogP contribution in [0.3, 0.4) is 0 Å². The number of benzene rings is 3. The first-order valence-corrected chi connectivity index (χ1v) is 15.5. The summed E-state index contributed by atoms with van der Waals surface area (Å²) in [5, 5.41) is 0. The fourth-order valence-corrected chi connectivity index (χ4v) is 9.84. The molecule has 3 aliphatic carbocycles. The molecule has 0 atom stereocenters. The SMILES string of the molecule is COCc1cc2c(cc1COC)C1(C)c3cc(COC)c(COC)cc3C3(C)c4cc(COC)c(COC)cc4C2(C)C13C. The van der Waals surface area contributed by atoms with Gasteiger partial charge in [0.1, 0.15) is 0 Å². The van der Waals surface area contributed by atoms with Crippen molar-refractivity contribution in [3.63, 3.8) is 0 Å². The van der Waals surface area contributed by atoms with Crippen molar-refractivity contribution in [3.05, 3.63) is 103 Å². The summed E-state index contributed by atoms with van der Waals surface area (Å²) in [5.74, 6) is 0. The van der Waals surface area contributed by atoms with Gasteiger partial charge in [-0.25, -0.2) is 0 Å². The zero-order valence-electron chi connectivity index (χ0n) is 28.2. The van der Waals surface area contributed by atoms with Crippen molar-refractivity contribution in [2.75, 3.05) is 42.7 Å². The molecule has 6 rings (SSSR count). The minimum atomic E-state index is -0.300. The Hall–Kier alpha value is -2.58. The normalized spacial score (nSPS) is 27.4. The van der Waals surface area contributed by atoms with Gasteiger partial charge in [-0.3, -0.25) is 0 Å². The summed E-state index contributed by atoms with van der Waals surface area (Å²) in [6.45, 7) is 13.2. The van der Waals surface area contributed by atoms with Gasteiger partial charge in [-0.2, -0.15) is 0 Å². The Morgan fingerprint density at radius 1 is 0.341 bits per heavy atom. The third-order valence-corrected chi connectivity index (χ3v) is 12.1. The van der Waals surface area contributed by atoms with E-state index in [0.29, 0.717) is 39.6 Å². The number of ether oxygens (including phenoxy) is 6. The van der Waals surface area contributed by atoms with Crippen molar-refractivity contribution in [3.8, 4) is 0 Å². The number of hydrogen-bond acceptors (Lipinski definition) is 6. The van der Waals surface area contributed by atoms with Crippen LogP contribution in [-0.4, -0.2) is 42.7 Å². The average molecular weight is 601 g/mol. The summed E-state index contributed by atoms with van der Waals surface area (Å²) < 4.78 is 34.4. The summed E-state index contributed by atoms with van der Waals surface area (Å²) in [4.78, 5) is 0. The Labute approximate surface area is 263 Å². The summed E-state index contributed by atoms with van der Waals surface area (Å²) in [6.07, 6.45) is 0. The zero-order valence-corrected chi connectivity index (χ0v) is 28.2. The molecule has 3 aliphatic rings. The second kappa shape index (κ2) is 11.0. The Morgan fingerprint density at radius 3 is 0.636 bits per heavy atom. The molecule has 6 nitrogen and oxygen atoms in total. The molecule has 0 aromatic heterocycles. The van der Waals surface area contributed by atoms with Crippen LogP contribution in [0.25, 0.3) is 0 Å². The Balaban J connectivity index is 1.79. The first-order valence-electron chi connectivity index (χ1n) is 15.5. The van der Waals surface area contributed by atoms with E-state index in [4.69, 9.17) is 28.4 Å². The second-order valence-electron chi connectivity index (χ2n) is 13.6. The topological polar surface area (TPSA) is 55.4 Å². The lowest BCUT2D eigenvalue weighted by atomic mass is 9.52. The lowest BCUT2D eigenvalue weighted by molar-refractivity contribution is 0.0994. The van der Waals surface area contributed by atoms with Crippen LogP contribution < -0.4 is 0 Å². The number of hydrogen-bond donors (Lipinski definition) is 0. The van der Waals surface area contributed by atoms with Gasteiger partial charge in [0, 0.05) is 64.3 Å². The summed E-state index contributed by atoms with van der Waals surface area (Å²) >= 11 is 0. The van der Waals surface area contributed by atoms with Crippen molar-refractivity contribution in [1.82, 2.24) is 0 Å². The van der Waals surface area contributed by atoms with Gasteiger partial charge in [0.2, 0.25) is 0 Å². The van der Waals surface area contributed by atoms with Gasteiger partial charge in [-0.15, -0.1) is 0 Å². The predicted molar refractivity (Wildman–Crippen MR) is 171 cm³/mol. The van der Waals surface area contributed by atoms with Crippen LogP contribution in [0.2, 0.25) is 0 Å². The molecule has 0 fully saturated rings. The summed E-state index contributed by atoms with van der Waals surface area (Å²) in [7, 11) is 10.6. The van der Waals surface area contributed by atoms with Gasteiger partial charge in [0.05, 0.1) is 39.6 Å². The van der Waals surface area contributed by atoms with Crippen molar-refractivity contribution in [1.29, 1.82) is 0 Å². The highest BCUT2D eigenvalue weighted by Gasteiger charge is 2.80. The van der Waals surface area contributed by atoms with Crippen LogP contribution in [0.5, 0.6) is 0 Å². The molecule has 44 heavy (non-hydrogen) atoms. The maximum atomic E-state index is 5.74. The highest BCUT2D eigenvalue weighted by Crippen LogP contribution is 2.82. The average Bonchev–Trinajstić information content (AvgIpc) is 3.34. The van der Waals surface area contributed by atoms with E-state index < -0.39 is 0 Å². The molecule has 0 saturated heterocycles.